The molecular weight excluding hydrogens is 184 g/mol. The van der Waals surface area contributed by atoms with Gasteiger partial charge in [-0.2, -0.15) is 0 Å². The number of carboxylic acid groups (broad SMARTS) is 1. The van der Waals surface area contributed by atoms with Crippen molar-refractivity contribution in [2.75, 3.05) is 33.2 Å². The molecule has 1 fully saturated rings. The van der Waals surface area contributed by atoms with Crippen molar-refractivity contribution in [2.24, 2.45) is 5.92 Å². The van der Waals surface area contributed by atoms with Crippen molar-refractivity contribution < 1.29 is 14.7 Å². The lowest BCUT2D eigenvalue weighted by molar-refractivity contribution is -0.144. The predicted octanol–water partition coefficient (Wildman–Crippen LogP) is -0.519. The van der Waals surface area contributed by atoms with Gasteiger partial charge in [-0.1, -0.05) is 6.92 Å². The van der Waals surface area contributed by atoms with Crippen molar-refractivity contribution in [3.05, 3.63) is 0 Å². The molecule has 1 aliphatic rings. The number of rotatable bonds is 3. The second-order valence-electron chi connectivity index (χ2n) is 3.82. The zero-order valence-electron chi connectivity index (χ0n) is 8.56. The molecule has 1 atom stereocenters. The van der Waals surface area contributed by atoms with Crippen LogP contribution in [0.4, 0.5) is 0 Å². The summed E-state index contributed by atoms with van der Waals surface area (Å²) in [6.07, 6.45) is 0. The second-order valence-corrected chi connectivity index (χ2v) is 3.82. The van der Waals surface area contributed by atoms with Crippen molar-refractivity contribution in [1.29, 1.82) is 0 Å². The van der Waals surface area contributed by atoms with Gasteiger partial charge in [0, 0.05) is 19.6 Å². The maximum Gasteiger partial charge on any atom is 0.308 e. The number of carbonyl (C=O) groups is 2. The molecule has 0 aromatic carbocycles. The fraction of sp³-hybridized carbons (Fsp3) is 0.778. The topological polar surface area (TPSA) is 60.9 Å². The minimum atomic E-state index is -0.850. The van der Waals surface area contributed by atoms with Crippen molar-refractivity contribution >= 4 is 11.9 Å². The standard InChI is InChI=1S/C9H16N2O3/c1-7(9(13)14)5-11-4-3-10(2)6-8(11)12/h7H,3-6H2,1-2H3,(H,13,14). The van der Waals surface area contributed by atoms with E-state index in [1.54, 1.807) is 11.8 Å². The Kier molecular flexibility index (Phi) is 3.46. The van der Waals surface area contributed by atoms with E-state index in [1.165, 1.54) is 0 Å². The molecule has 0 aromatic rings. The van der Waals surface area contributed by atoms with Crippen LogP contribution in [0, 0.1) is 5.92 Å². The molecule has 5 nitrogen and oxygen atoms in total. The normalized spacial score (nSPS) is 21.0. The van der Waals surface area contributed by atoms with Gasteiger partial charge in [0.2, 0.25) is 5.91 Å². The van der Waals surface area contributed by atoms with Gasteiger partial charge < -0.3 is 10.0 Å². The highest BCUT2D eigenvalue weighted by Crippen LogP contribution is 2.05. The van der Waals surface area contributed by atoms with E-state index in [4.69, 9.17) is 5.11 Å². The average Bonchev–Trinajstić information content (AvgIpc) is 2.09. The third kappa shape index (κ3) is 2.70. The van der Waals surface area contributed by atoms with Crippen LogP contribution in [0.2, 0.25) is 0 Å². The van der Waals surface area contributed by atoms with Crippen molar-refractivity contribution in [1.82, 2.24) is 9.80 Å². The molecule has 1 amide bonds. The summed E-state index contributed by atoms with van der Waals surface area (Å²) < 4.78 is 0. The van der Waals surface area contributed by atoms with Gasteiger partial charge in [-0.15, -0.1) is 0 Å². The molecule has 0 saturated carbocycles. The van der Waals surface area contributed by atoms with E-state index < -0.39 is 11.9 Å². The molecule has 0 bridgehead atoms. The van der Waals surface area contributed by atoms with E-state index in [-0.39, 0.29) is 5.91 Å². The van der Waals surface area contributed by atoms with Gasteiger partial charge in [-0.3, -0.25) is 14.5 Å². The average molecular weight is 200 g/mol. The number of piperazine rings is 1. The quantitative estimate of drug-likeness (QED) is 0.666. The van der Waals surface area contributed by atoms with Crippen LogP contribution in [0.15, 0.2) is 0 Å². The molecule has 0 radical (unpaired) electrons. The third-order valence-corrected chi connectivity index (χ3v) is 2.43. The fourth-order valence-electron chi connectivity index (χ4n) is 1.43. The number of nitrogens with zero attached hydrogens (tertiary/aromatic N) is 2. The molecule has 1 unspecified atom stereocenters. The molecule has 1 saturated heterocycles. The highest BCUT2D eigenvalue weighted by Gasteiger charge is 2.24. The predicted molar refractivity (Wildman–Crippen MR) is 50.9 cm³/mol. The number of hydrogen-bond acceptors (Lipinski definition) is 3. The van der Waals surface area contributed by atoms with E-state index in [0.717, 1.165) is 6.54 Å². The van der Waals surface area contributed by atoms with E-state index in [9.17, 15) is 9.59 Å². The Morgan fingerprint density at radius 3 is 2.71 bits per heavy atom. The Balaban J connectivity index is 2.45. The highest BCUT2D eigenvalue weighted by molar-refractivity contribution is 5.79. The van der Waals surface area contributed by atoms with E-state index in [1.807, 2.05) is 11.9 Å². The Bertz CT molecular complexity index is 242. The Morgan fingerprint density at radius 1 is 1.57 bits per heavy atom. The lowest BCUT2D eigenvalue weighted by Crippen LogP contribution is -2.50. The molecule has 1 heterocycles. The molecule has 0 spiro atoms. The lowest BCUT2D eigenvalue weighted by atomic mass is 10.1. The summed E-state index contributed by atoms with van der Waals surface area (Å²) in [6, 6.07) is 0. The minimum absolute atomic E-state index is 0.0202. The van der Waals surface area contributed by atoms with Crippen molar-refractivity contribution in [3.8, 4) is 0 Å². The van der Waals surface area contributed by atoms with Gasteiger partial charge >= 0.3 is 5.97 Å². The molecule has 1 aliphatic heterocycles. The van der Waals surface area contributed by atoms with Crippen LogP contribution in [0.5, 0.6) is 0 Å². The highest BCUT2D eigenvalue weighted by atomic mass is 16.4. The summed E-state index contributed by atoms with van der Waals surface area (Å²) in [5, 5.41) is 8.70. The summed E-state index contributed by atoms with van der Waals surface area (Å²) in [4.78, 5) is 25.6. The molecule has 80 valence electrons. The lowest BCUT2D eigenvalue weighted by Gasteiger charge is -2.32. The molecule has 5 heteroatoms. The first kappa shape index (κ1) is 11.0. The first-order valence-electron chi connectivity index (χ1n) is 4.70. The molecular formula is C9H16N2O3. The van der Waals surface area contributed by atoms with Crippen LogP contribution in [0.3, 0.4) is 0 Å². The van der Waals surface area contributed by atoms with Crippen LogP contribution in [0.25, 0.3) is 0 Å². The number of hydrogen-bond donors (Lipinski definition) is 1. The zero-order chi connectivity index (χ0) is 10.7. The SMILES string of the molecule is CC(CN1CCN(C)CC1=O)C(=O)O. The summed E-state index contributed by atoms with van der Waals surface area (Å²) in [5.41, 5.74) is 0. The van der Waals surface area contributed by atoms with Crippen LogP contribution >= 0.6 is 0 Å². The smallest absolute Gasteiger partial charge is 0.308 e. The van der Waals surface area contributed by atoms with Gasteiger partial charge in [-0.05, 0) is 7.05 Å². The van der Waals surface area contributed by atoms with Crippen molar-refractivity contribution in [3.63, 3.8) is 0 Å². The van der Waals surface area contributed by atoms with E-state index in [2.05, 4.69) is 0 Å². The molecule has 14 heavy (non-hydrogen) atoms. The summed E-state index contributed by atoms with van der Waals surface area (Å²) in [5.74, 6) is -1.31. The summed E-state index contributed by atoms with van der Waals surface area (Å²) in [6.45, 7) is 3.79. The largest absolute Gasteiger partial charge is 0.481 e. The van der Waals surface area contributed by atoms with Gasteiger partial charge in [0.1, 0.15) is 0 Å². The monoisotopic (exact) mass is 200 g/mol. The maximum absolute atomic E-state index is 11.5. The van der Waals surface area contributed by atoms with Crippen LogP contribution in [-0.2, 0) is 9.59 Å². The maximum atomic E-state index is 11.5. The summed E-state index contributed by atoms with van der Waals surface area (Å²) >= 11 is 0. The molecule has 0 aliphatic carbocycles. The summed E-state index contributed by atoms with van der Waals surface area (Å²) in [7, 11) is 1.88. The van der Waals surface area contributed by atoms with Crippen LogP contribution in [0.1, 0.15) is 6.92 Å². The minimum Gasteiger partial charge on any atom is -0.481 e. The number of carboxylic acids is 1. The van der Waals surface area contributed by atoms with Gasteiger partial charge in [-0.25, -0.2) is 0 Å². The number of carbonyl (C=O) groups excluding carboxylic acids is 1. The Hall–Kier alpha value is -1.10. The first-order chi connectivity index (χ1) is 6.50. The third-order valence-electron chi connectivity index (χ3n) is 2.43. The van der Waals surface area contributed by atoms with Crippen molar-refractivity contribution in [2.45, 2.75) is 6.92 Å². The van der Waals surface area contributed by atoms with E-state index >= 15 is 0 Å². The van der Waals surface area contributed by atoms with Gasteiger partial charge in [0.05, 0.1) is 12.5 Å². The molecule has 1 N–H and O–H groups in total. The number of likely N-dealkylation sites (N-methyl/N-ethyl adjacent to an activating group) is 1. The number of aliphatic carboxylic acids is 1. The molecule has 1 rings (SSSR count). The second kappa shape index (κ2) is 4.41. The van der Waals surface area contributed by atoms with Gasteiger partial charge in [0.25, 0.3) is 0 Å². The first-order valence-corrected chi connectivity index (χ1v) is 4.70. The molecule has 0 aromatic heterocycles. The number of amides is 1. The van der Waals surface area contributed by atoms with Crippen LogP contribution in [-0.4, -0.2) is 60.0 Å². The Morgan fingerprint density at radius 2 is 2.21 bits per heavy atom. The zero-order valence-corrected chi connectivity index (χ0v) is 8.56. The van der Waals surface area contributed by atoms with Gasteiger partial charge in [0.15, 0.2) is 0 Å². The van der Waals surface area contributed by atoms with E-state index in [0.29, 0.717) is 19.6 Å². The van der Waals surface area contributed by atoms with Crippen LogP contribution < -0.4 is 0 Å². The fourth-order valence-corrected chi connectivity index (χ4v) is 1.43. The Labute approximate surface area is 83.3 Å².